The Morgan fingerprint density at radius 2 is 2.06 bits per heavy atom. The van der Waals surface area contributed by atoms with Crippen LogP contribution in [0.2, 0.25) is 0 Å². The fraction of sp³-hybridized carbons (Fsp3) is 0.385. The standard InChI is InChI=1S/C13H17N5/c1-11-4-2-3-5-12(11)18(10-14)13(15)17-8-6-16-7-9-17/h2-5,15-16H,6-9H2,1H3. The first-order chi connectivity index (χ1) is 8.74. The highest BCUT2D eigenvalue weighted by Crippen LogP contribution is 2.19. The van der Waals surface area contributed by atoms with E-state index in [1.807, 2.05) is 36.1 Å². The third-order valence-electron chi connectivity index (χ3n) is 3.08. The number of anilines is 1. The van der Waals surface area contributed by atoms with Gasteiger partial charge in [-0.3, -0.25) is 5.41 Å². The molecule has 0 amide bonds. The Morgan fingerprint density at radius 1 is 1.39 bits per heavy atom. The van der Waals surface area contributed by atoms with E-state index < -0.39 is 0 Å². The predicted molar refractivity (Wildman–Crippen MR) is 71.4 cm³/mol. The van der Waals surface area contributed by atoms with Crippen molar-refractivity contribution in [3.05, 3.63) is 29.8 Å². The molecule has 0 unspecified atom stereocenters. The first-order valence-corrected chi connectivity index (χ1v) is 6.03. The van der Waals surface area contributed by atoms with Crippen LogP contribution in [0, 0.1) is 23.8 Å². The maximum absolute atomic E-state index is 9.30. The van der Waals surface area contributed by atoms with E-state index in [4.69, 9.17) is 5.41 Å². The molecule has 5 nitrogen and oxygen atoms in total. The molecule has 94 valence electrons. The van der Waals surface area contributed by atoms with Crippen molar-refractivity contribution in [2.24, 2.45) is 0 Å². The molecule has 2 N–H and O–H groups in total. The van der Waals surface area contributed by atoms with E-state index in [-0.39, 0.29) is 5.96 Å². The minimum atomic E-state index is 0.258. The van der Waals surface area contributed by atoms with Crippen LogP contribution in [0.25, 0.3) is 0 Å². The van der Waals surface area contributed by atoms with Gasteiger partial charge in [0.05, 0.1) is 5.69 Å². The molecular formula is C13H17N5. The number of aryl methyl sites for hydroxylation is 1. The molecule has 1 aliphatic rings. The number of piperazine rings is 1. The monoisotopic (exact) mass is 243 g/mol. The molecule has 0 bridgehead atoms. The van der Waals surface area contributed by atoms with Crippen molar-refractivity contribution >= 4 is 11.6 Å². The van der Waals surface area contributed by atoms with Crippen LogP contribution in [0.1, 0.15) is 5.56 Å². The number of nitrogens with one attached hydrogen (secondary N) is 2. The number of hydrogen-bond donors (Lipinski definition) is 2. The van der Waals surface area contributed by atoms with Crippen molar-refractivity contribution in [3.8, 4) is 6.19 Å². The molecule has 2 rings (SSSR count). The van der Waals surface area contributed by atoms with E-state index in [0.717, 1.165) is 37.4 Å². The summed E-state index contributed by atoms with van der Waals surface area (Å²) in [4.78, 5) is 3.31. The highest BCUT2D eigenvalue weighted by Gasteiger charge is 2.21. The van der Waals surface area contributed by atoms with Crippen LogP contribution in [0.5, 0.6) is 0 Å². The lowest BCUT2D eigenvalue weighted by molar-refractivity contribution is 0.352. The maximum atomic E-state index is 9.30. The first-order valence-electron chi connectivity index (χ1n) is 6.03. The van der Waals surface area contributed by atoms with Crippen LogP contribution in [0.3, 0.4) is 0 Å². The zero-order chi connectivity index (χ0) is 13.0. The summed E-state index contributed by atoms with van der Waals surface area (Å²) in [7, 11) is 0. The second-order valence-electron chi connectivity index (χ2n) is 4.28. The lowest BCUT2D eigenvalue weighted by Crippen LogP contribution is -2.51. The van der Waals surface area contributed by atoms with Gasteiger partial charge >= 0.3 is 0 Å². The molecule has 0 aromatic heterocycles. The topological polar surface area (TPSA) is 66.2 Å². The Hall–Kier alpha value is -2.06. The number of nitrogens with zero attached hydrogens (tertiary/aromatic N) is 3. The molecular weight excluding hydrogens is 226 g/mol. The average Bonchev–Trinajstić information content (AvgIpc) is 2.42. The quantitative estimate of drug-likeness (QED) is 0.336. The second kappa shape index (κ2) is 5.52. The minimum absolute atomic E-state index is 0.258. The smallest absolute Gasteiger partial charge is 0.212 e. The number of nitriles is 1. The van der Waals surface area contributed by atoms with Crippen LogP contribution in [-0.2, 0) is 0 Å². The Balaban J connectivity index is 2.21. The summed E-state index contributed by atoms with van der Waals surface area (Å²) >= 11 is 0. The molecule has 0 aliphatic carbocycles. The van der Waals surface area contributed by atoms with Crippen molar-refractivity contribution in [1.82, 2.24) is 10.2 Å². The number of guanidine groups is 1. The SMILES string of the molecule is Cc1ccccc1N(C#N)C(=N)N1CCNCC1. The van der Waals surface area contributed by atoms with E-state index in [1.54, 1.807) is 0 Å². The molecule has 18 heavy (non-hydrogen) atoms. The van der Waals surface area contributed by atoms with Crippen molar-refractivity contribution in [3.63, 3.8) is 0 Å². The molecule has 1 aromatic carbocycles. The second-order valence-corrected chi connectivity index (χ2v) is 4.28. The number of para-hydroxylation sites is 1. The summed E-state index contributed by atoms with van der Waals surface area (Å²) in [5.74, 6) is 0.258. The highest BCUT2D eigenvalue weighted by molar-refractivity contribution is 5.97. The van der Waals surface area contributed by atoms with Gasteiger partial charge in [-0.25, -0.2) is 4.90 Å². The van der Waals surface area contributed by atoms with Crippen LogP contribution in [0.4, 0.5) is 5.69 Å². The van der Waals surface area contributed by atoms with Gasteiger partial charge in [0.1, 0.15) is 0 Å². The molecule has 1 fully saturated rings. The molecule has 5 heteroatoms. The summed E-state index contributed by atoms with van der Waals surface area (Å²) in [6.45, 7) is 5.20. The summed E-state index contributed by atoms with van der Waals surface area (Å²) in [5.41, 5.74) is 1.78. The zero-order valence-electron chi connectivity index (χ0n) is 10.5. The summed E-state index contributed by atoms with van der Waals surface area (Å²) < 4.78 is 0. The van der Waals surface area contributed by atoms with E-state index in [2.05, 4.69) is 11.5 Å². The molecule has 1 aromatic rings. The Labute approximate surface area is 107 Å². The third kappa shape index (κ3) is 2.44. The molecule has 0 saturated carbocycles. The summed E-state index contributed by atoms with van der Waals surface area (Å²) in [6, 6.07) is 7.64. The third-order valence-corrected chi connectivity index (χ3v) is 3.08. The average molecular weight is 243 g/mol. The van der Waals surface area contributed by atoms with E-state index in [9.17, 15) is 5.26 Å². The van der Waals surface area contributed by atoms with Gasteiger partial charge in [0.15, 0.2) is 6.19 Å². The zero-order valence-corrected chi connectivity index (χ0v) is 10.5. The van der Waals surface area contributed by atoms with E-state index in [0.29, 0.717) is 0 Å². The van der Waals surface area contributed by atoms with Crippen LogP contribution >= 0.6 is 0 Å². The lowest BCUT2D eigenvalue weighted by atomic mass is 10.2. The van der Waals surface area contributed by atoms with Gasteiger partial charge in [0, 0.05) is 26.2 Å². The molecule has 1 heterocycles. The van der Waals surface area contributed by atoms with Gasteiger partial charge < -0.3 is 10.2 Å². The lowest BCUT2D eigenvalue weighted by Gasteiger charge is -2.32. The largest absolute Gasteiger partial charge is 0.339 e. The molecule has 1 aliphatic heterocycles. The van der Waals surface area contributed by atoms with Crippen molar-refractivity contribution in [1.29, 1.82) is 10.7 Å². The van der Waals surface area contributed by atoms with Crippen molar-refractivity contribution < 1.29 is 0 Å². The van der Waals surface area contributed by atoms with Gasteiger partial charge in [0.25, 0.3) is 0 Å². The van der Waals surface area contributed by atoms with Crippen molar-refractivity contribution in [2.45, 2.75) is 6.92 Å². The number of rotatable bonds is 1. The normalized spacial score (nSPS) is 15.0. The summed E-state index contributed by atoms with van der Waals surface area (Å²) in [5, 5.41) is 20.7. The first kappa shape index (κ1) is 12.4. The van der Waals surface area contributed by atoms with E-state index in [1.165, 1.54) is 4.90 Å². The van der Waals surface area contributed by atoms with E-state index >= 15 is 0 Å². The molecule has 0 atom stereocenters. The number of hydrogen-bond acceptors (Lipinski definition) is 3. The van der Waals surface area contributed by atoms with Gasteiger partial charge in [-0.1, -0.05) is 18.2 Å². The van der Waals surface area contributed by atoms with Crippen LogP contribution in [0.15, 0.2) is 24.3 Å². The predicted octanol–water partition coefficient (Wildman–Crippen LogP) is 1.12. The van der Waals surface area contributed by atoms with Gasteiger partial charge in [0.2, 0.25) is 5.96 Å². The Kier molecular flexibility index (Phi) is 3.80. The Morgan fingerprint density at radius 3 is 2.67 bits per heavy atom. The molecule has 0 spiro atoms. The Bertz CT molecular complexity index is 471. The fourth-order valence-corrected chi connectivity index (χ4v) is 2.05. The summed E-state index contributed by atoms with van der Waals surface area (Å²) in [6.07, 6.45) is 2.10. The fourth-order valence-electron chi connectivity index (χ4n) is 2.05. The van der Waals surface area contributed by atoms with Crippen LogP contribution < -0.4 is 10.2 Å². The van der Waals surface area contributed by atoms with Gasteiger partial charge in [-0.2, -0.15) is 5.26 Å². The van der Waals surface area contributed by atoms with Crippen LogP contribution in [-0.4, -0.2) is 37.0 Å². The van der Waals surface area contributed by atoms with Gasteiger partial charge in [-0.05, 0) is 18.6 Å². The number of benzene rings is 1. The molecule has 1 saturated heterocycles. The maximum Gasteiger partial charge on any atom is 0.212 e. The van der Waals surface area contributed by atoms with Crippen molar-refractivity contribution in [2.75, 3.05) is 31.1 Å². The highest BCUT2D eigenvalue weighted by atomic mass is 15.4. The molecule has 0 radical (unpaired) electrons. The van der Waals surface area contributed by atoms with Gasteiger partial charge in [-0.15, -0.1) is 0 Å². The minimum Gasteiger partial charge on any atom is -0.339 e.